The summed E-state index contributed by atoms with van der Waals surface area (Å²) in [5, 5.41) is 3.43. The predicted octanol–water partition coefficient (Wildman–Crippen LogP) is 2.57. The number of piperidine rings is 1. The van der Waals surface area contributed by atoms with Gasteiger partial charge in [-0.2, -0.15) is 0 Å². The highest BCUT2D eigenvalue weighted by molar-refractivity contribution is 5.69. The molecule has 118 valence electrons. The molecule has 1 aliphatic rings. The first-order valence-corrected chi connectivity index (χ1v) is 8.38. The van der Waals surface area contributed by atoms with Gasteiger partial charge in [0.25, 0.3) is 0 Å². The van der Waals surface area contributed by atoms with Crippen LogP contribution in [0.3, 0.4) is 0 Å². The Morgan fingerprint density at radius 2 is 1.90 bits per heavy atom. The zero-order valence-corrected chi connectivity index (χ0v) is 13.3. The first-order chi connectivity index (χ1) is 9.77. The fraction of sp³-hybridized carbons (Fsp3) is 0.938. The van der Waals surface area contributed by atoms with Gasteiger partial charge in [0.15, 0.2) is 0 Å². The van der Waals surface area contributed by atoms with Gasteiger partial charge in [0.1, 0.15) is 0 Å². The van der Waals surface area contributed by atoms with Crippen LogP contribution in [-0.2, 0) is 9.53 Å². The van der Waals surface area contributed by atoms with Crippen LogP contribution in [-0.4, -0.2) is 49.7 Å². The van der Waals surface area contributed by atoms with Crippen molar-refractivity contribution in [2.75, 3.05) is 32.8 Å². The molecule has 0 amide bonds. The number of carbonyl (C=O) groups excluding carboxylic acids is 1. The molecule has 1 fully saturated rings. The van der Waals surface area contributed by atoms with Gasteiger partial charge < -0.3 is 15.0 Å². The van der Waals surface area contributed by atoms with Crippen LogP contribution in [0.5, 0.6) is 0 Å². The lowest BCUT2D eigenvalue weighted by Gasteiger charge is -2.34. The van der Waals surface area contributed by atoms with Crippen molar-refractivity contribution in [3.8, 4) is 0 Å². The molecule has 0 aliphatic carbocycles. The monoisotopic (exact) mass is 284 g/mol. The van der Waals surface area contributed by atoms with E-state index in [0.717, 1.165) is 32.0 Å². The molecule has 1 heterocycles. The first kappa shape index (κ1) is 17.4. The zero-order valence-electron chi connectivity index (χ0n) is 13.3. The molecule has 1 N–H and O–H groups in total. The number of nitrogens with zero attached hydrogens (tertiary/aromatic N) is 1. The topological polar surface area (TPSA) is 41.6 Å². The Labute approximate surface area is 124 Å². The van der Waals surface area contributed by atoms with Crippen LogP contribution in [0.4, 0.5) is 0 Å². The molecule has 0 atom stereocenters. The van der Waals surface area contributed by atoms with E-state index in [9.17, 15) is 4.79 Å². The molecular formula is C16H32N2O2. The van der Waals surface area contributed by atoms with Crippen molar-refractivity contribution in [1.82, 2.24) is 10.2 Å². The van der Waals surface area contributed by atoms with Gasteiger partial charge >= 0.3 is 5.97 Å². The molecular weight excluding hydrogens is 252 g/mol. The van der Waals surface area contributed by atoms with Crippen LogP contribution in [0, 0.1) is 0 Å². The zero-order chi connectivity index (χ0) is 14.6. The van der Waals surface area contributed by atoms with Gasteiger partial charge in [0.05, 0.1) is 6.61 Å². The standard InChI is InChI=1S/C16H32N2O2/c1-3-13-18(15-9-11-17-12-10-15)14-7-5-6-8-16(19)20-4-2/h15,17H,3-14H2,1-2H3. The van der Waals surface area contributed by atoms with Crippen molar-refractivity contribution in [1.29, 1.82) is 0 Å². The Morgan fingerprint density at radius 3 is 2.55 bits per heavy atom. The van der Waals surface area contributed by atoms with Gasteiger partial charge in [-0.3, -0.25) is 4.79 Å². The molecule has 0 bridgehead atoms. The maximum absolute atomic E-state index is 11.3. The highest BCUT2D eigenvalue weighted by Gasteiger charge is 2.19. The number of ether oxygens (including phenoxy) is 1. The van der Waals surface area contributed by atoms with E-state index in [2.05, 4.69) is 17.1 Å². The van der Waals surface area contributed by atoms with E-state index in [1.807, 2.05) is 6.92 Å². The van der Waals surface area contributed by atoms with Crippen molar-refractivity contribution < 1.29 is 9.53 Å². The predicted molar refractivity (Wildman–Crippen MR) is 82.9 cm³/mol. The normalized spacial score (nSPS) is 16.6. The molecule has 0 unspecified atom stereocenters. The van der Waals surface area contributed by atoms with Crippen molar-refractivity contribution in [3.05, 3.63) is 0 Å². The average molecular weight is 284 g/mol. The van der Waals surface area contributed by atoms with Crippen LogP contribution >= 0.6 is 0 Å². The van der Waals surface area contributed by atoms with E-state index < -0.39 is 0 Å². The summed E-state index contributed by atoms with van der Waals surface area (Å²) >= 11 is 0. The molecule has 4 heteroatoms. The summed E-state index contributed by atoms with van der Waals surface area (Å²) in [5.41, 5.74) is 0. The molecule has 0 aromatic heterocycles. The number of hydrogen-bond acceptors (Lipinski definition) is 4. The molecule has 0 saturated carbocycles. The van der Waals surface area contributed by atoms with Crippen molar-refractivity contribution in [2.24, 2.45) is 0 Å². The van der Waals surface area contributed by atoms with E-state index in [-0.39, 0.29) is 5.97 Å². The third-order valence-corrected chi connectivity index (χ3v) is 3.97. The molecule has 1 aliphatic heterocycles. The number of unbranched alkanes of at least 4 members (excludes halogenated alkanes) is 2. The van der Waals surface area contributed by atoms with E-state index in [4.69, 9.17) is 4.74 Å². The number of nitrogens with one attached hydrogen (secondary N) is 1. The second-order valence-electron chi connectivity index (χ2n) is 5.63. The SMILES string of the molecule is CCCN(CCCCCC(=O)OCC)C1CCNCC1. The maximum Gasteiger partial charge on any atom is 0.305 e. The molecule has 0 spiro atoms. The Balaban J connectivity index is 2.13. The molecule has 0 radical (unpaired) electrons. The Kier molecular flexibility index (Phi) is 9.67. The molecule has 4 nitrogen and oxygen atoms in total. The van der Waals surface area contributed by atoms with Crippen LogP contribution in [0.15, 0.2) is 0 Å². The van der Waals surface area contributed by atoms with Crippen molar-refractivity contribution in [2.45, 2.75) is 64.8 Å². The smallest absolute Gasteiger partial charge is 0.305 e. The van der Waals surface area contributed by atoms with E-state index in [1.165, 1.54) is 38.8 Å². The number of rotatable bonds is 10. The van der Waals surface area contributed by atoms with Crippen molar-refractivity contribution in [3.63, 3.8) is 0 Å². The quantitative estimate of drug-likeness (QED) is 0.494. The van der Waals surface area contributed by atoms with E-state index in [0.29, 0.717) is 13.0 Å². The fourth-order valence-electron chi connectivity index (χ4n) is 2.93. The summed E-state index contributed by atoms with van der Waals surface area (Å²) < 4.78 is 4.95. The largest absolute Gasteiger partial charge is 0.466 e. The lowest BCUT2D eigenvalue weighted by molar-refractivity contribution is -0.143. The number of carbonyl (C=O) groups is 1. The Morgan fingerprint density at radius 1 is 1.15 bits per heavy atom. The van der Waals surface area contributed by atoms with Gasteiger partial charge in [-0.05, 0) is 65.2 Å². The van der Waals surface area contributed by atoms with Crippen molar-refractivity contribution >= 4 is 5.97 Å². The maximum atomic E-state index is 11.3. The van der Waals surface area contributed by atoms with Crippen LogP contribution in [0.1, 0.15) is 58.8 Å². The summed E-state index contributed by atoms with van der Waals surface area (Å²) in [5.74, 6) is -0.0451. The van der Waals surface area contributed by atoms with Crippen LogP contribution < -0.4 is 5.32 Å². The minimum absolute atomic E-state index is 0.0451. The molecule has 0 aromatic rings. The molecule has 0 aromatic carbocycles. The minimum Gasteiger partial charge on any atom is -0.466 e. The molecule has 1 rings (SSSR count). The van der Waals surface area contributed by atoms with Gasteiger partial charge in [-0.1, -0.05) is 13.3 Å². The van der Waals surface area contributed by atoms with Crippen LogP contribution in [0.25, 0.3) is 0 Å². The second kappa shape index (κ2) is 11.1. The third-order valence-electron chi connectivity index (χ3n) is 3.97. The highest BCUT2D eigenvalue weighted by atomic mass is 16.5. The lowest BCUT2D eigenvalue weighted by Crippen LogP contribution is -2.43. The third kappa shape index (κ3) is 7.25. The molecule has 20 heavy (non-hydrogen) atoms. The van der Waals surface area contributed by atoms with Gasteiger partial charge in [-0.25, -0.2) is 0 Å². The summed E-state index contributed by atoms with van der Waals surface area (Å²) in [6.07, 6.45) is 7.66. The van der Waals surface area contributed by atoms with Crippen LogP contribution in [0.2, 0.25) is 0 Å². The van der Waals surface area contributed by atoms with E-state index >= 15 is 0 Å². The van der Waals surface area contributed by atoms with Gasteiger partial charge in [0.2, 0.25) is 0 Å². The number of esters is 1. The van der Waals surface area contributed by atoms with Gasteiger partial charge in [-0.15, -0.1) is 0 Å². The second-order valence-corrected chi connectivity index (χ2v) is 5.63. The summed E-state index contributed by atoms with van der Waals surface area (Å²) in [6.45, 7) is 9.33. The van der Waals surface area contributed by atoms with E-state index in [1.54, 1.807) is 0 Å². The highest BCUT2D eigenvalue weighted by Crippen LogP contribution is 2.14. The Hall–Kier alpha value is -0.610. The fourth-order valence-corrected chi connectivity index (χ4v) is 2.93. The van der Waals surface area contributed by atoms with Gasteiger partial charge in [0, 0.05) is 12.5 Å². The Bertz CT molecular complexity index is 253. The average Bonchev–Trinajstić information content (AvgIpc) is 2.47. The summed E-state index contributed by atoms with van der Waals surface area (Å²) in [6, 6.07) is 0.765. The lowest BCUT2D eigenvalue weighted by atomic mass is 10.0. The first-order valence-electron chi connectivity index (χ1n) is 8.38. The number of hydrogen-bond donors (Lipinski definition) is 1. The minimum atomic E-state index is -0.0451. The summed E-state index contributed by atoms with van der Waals surface area (Å²) in [4.78, 5) is 13.9. The molecule has 1 saturated heterocycles. The summed E-state index contributed by atoms with van der Waals surface area (Å²) in [7, 11) is 0.